The largest absolute Gasteiger partial charge is 0.508 e. The van der Waals surface area contributed by atoms with Crippen LogP contribution in [0.5, 0.6) is 34.5 Å². The van der Waals surface area contributed by atoms with Crippen LogP contribution in [-0.2, 0) is 5.41 Å². The molecule has 0 aliphatic heterocycles. The highest BCUT2D eigenvalue weighted by Gasteiger charge is 2.37. The summed E-state index contributed by atoms with van der Waals surface area (Å²) in [5.74, 6) is -4.33. The third kappa shape index (κ3) is 3.95. The predicted octanol–water partition coefficient (Wildman–Crippen LogP) is 7.11. The summed E-state index contributed by atoms with van der Waals surface area (Å²) in [6.45, 7) is 10.1. The van der Waals surface area contributed by atoms with Gasteiger partial charge in [-0.3, -0.25) is 0 Å². The summed E-state index contributed by atoms with van der Waals surface area (Å²) >= 11 is 0. The van der Waals surface area contributed by atoms with Gasteiger partial charge in [0.05, 0.1) is 0 Å². The van der Waals surface area contributed by atoms with Gasteiger partial charge in [-0.15, -0.1) is 0 Å². The maximum Gasteiger partial charge on any atom is 0.204 e. The fourth-order valence-corrected chi connectivity index (χ4v) is 7.47. The number of fused-ring (bicyclic) bond motifs is 4. The number of rotatable bonds is 4. The minimum Gasteiger partial charge on any atom is -0.508 e. The summed E-state index contributed by atoms with van der Waals surface area (Å²) in [6.07, 6.45) is 5.80. The van der Waals surface area contributed by atoms with Crippen molar-refractivity contribution in [3.8, 4) is 56.8 Å². The van der Waals surface area contributed by atoms with Gasteiger partial charge in [-0.25, -0.2) is 0 Å². The van der Waals surface area contributed by atoms with Crippen molar-refractivity contribution >= 4 is 64.5 Å². The van der Waals surface area contributed by atoms with Crippen LogP contribution in [0.1, 0.15) is 31.9 Å². The molecule has 8 heteroatoms. The summed E-state index contributed by atoms with van der Waals surface area (Å²) < 4.78 is 0. The normalized spacial score (nSPS) is 14.1. The van der Waals surface area contributed by atoms with Gasteiger partial charge in [-0.05, 0) is 57.2 Å². The standard InChI is InChI=1S/C40H30B2O6/c1-5-10-21-22-16-15-19(17-25(22)40(3,4)24(21)6-2)26-28-30(35(44)33(42)32(41)34(28)43)27(23-14-9-12-18-11-7-8-13-20(18)23)31-29(26)36(45)38(47)39(48)37(31)46/h5-17,43-48H,2H2,1,3-4H3/b10-5-. The van der Waals surface area contributed by atoms with Crippen molar-refractivity contribution in [2.75, 3.05) is 0 Å². The SMILES string of the molecule is [B]c1c([B])c(O)c2c(-c3cccc4ccccc34)c3c(O)c(O)c(O)c(O)c3c(-c3ccc4c(c3)C(C)(C)C(C=C)=C4/C=C\C)c2c1O. The van der Waals surface area contributed by atoms with Crippen molar-refractivity contribution in [2.45, 2.75) is 26.2 Å². The molecule has 6 aromatic carbocycles. The zero-order chi connectivity index (χ0) is 34.4. The van der Waals surface area contributed by atoms with Gasteiger partial charge in [-0.2, -0.15) is 0 Å². The molecule has 0 heterocycles. The Morgan fingerprint density at radius 2 is 1.21 bits per heavy atom. The van der Waals surface area contributed by atoms with Crippen LogP contribution in [0.25, 0.3) is 60.1 Å². The van der Waals surface area contributed by atoms with Gasteiger partial charge in [0.2, 0.25) is 11.5 Å². The molecular weight excluding hydrogens is 598 g/mol. The van der Waals surface area contributed by atoms with Gasteiger partial charge in [0.25, 0.3) is 0 Å². The van der Waals surface area contributed by atoms with E-state index in [-0.39, 0.29) is 43.6 Å². The number of phenolic OH excluding ortho intramolecular Hbond substituents is 6. The maximum absolute atomic E-state index is 11.8. The Labute approximate surface area is 279 Å². The second-order valence-electron chi connectivity index (χ2n) is 12.6. The van der Waals surface area contributed by atoms with Crippen LogP contribution in [-0.4, -0.2) is 46.3 Å². The lowest BCUT2D eigenvalue weighted by molar-refractivity contribution is 0.351. The topological polar surface area (TPSA) is 121 Å². The number of allylic oxidation sites excluding steroid dienone is 5. The number of phenols is 6. The molecule has 0 saturated heterocycles. The minimum atomic E-state index is -0.955. The van der Waals surface area contributed by atoms with E-state index in [2.05, 4.69) is 20.4 Å². The Hall–Kier alpha value is -5.75. The number of hydrogen-bond acceptors (Lipinski definition) is 6. The summed E-state index contributed by atoms with van der Waals surface area (Å²) in [5, 5.41) is 70.2. The molecule has 0 amide bonds. The van der Waals surface area contributed by atoms with Crippen LogP contribution in [0.4, 0.5) is 0 Å². The first-order valence-electron chi connectivity index (χ1n) is 15.4. The Balaban J connectivity index is 1.77. The van der Waals surface area contributed by atoms with E-state index in [4.69, 9.17) is 15.7 Å². The first kappa shape index (κ1) is 30.9. The van der Waals surface area contributed by atoms with Crippen molar-refractivity contribution in [1.29, 1.82) is 0 Å². The first-order valence-corrected chi connectivity index (χ1v) is 15.4. The molecule has 0 unspecified atom stereocenters. The minimum absolute atomic E-state index is 0.0238. The average Bonchev–Trinajstić information content (AvgIpc) is 3.30. The van der Waals surface area contributed by atoms with Crippen molar-refractivity contribution in [3.63, 3.8) is 0 Å². The van der Waals surface area contributed by atoms with E-state index in [9.17, 15) is 30.6 Å². The lowest BCUT2D eigenvalue weighted by Crippen LogP contribution is -2.26. The quantitative estimate of drug-likeness (QED) is 0.0536. The zero-order valence-electron chi connectivity index (χ0n) is 26.6. The second kappa shape index (κ2) is 10.6. The van der Waals surface area contributed by atoms with Crippen molar-refractivity contribution < 1.29 is 30.6 Å². The van der Waals surface area contributed by atoms with Crippen LogP contribution in [0.15, 0.2) is 91.0 Å². The molecule has 1 aliphatic carbocycles. The molecule has 48 heavy (non-hydrogen) atoms. The molecule has 0 bridgehead atoms. The van der Waals surface area contributed by atoms with E-state index in [1.807, 2.05) is 67.6 Å². The second-order valence-corrected chi connectivity index (χ2v) is 12.6. The highest BCUT2D eigenvalue weighted by atomic mass is 16.3. The van der Waals surface area contributed by atoms with Crippen LogP contribution in [0, 0.1) is 0 Å². The van der Waals surface area contributed by atoms with Gasteiger partial charge < -0.3 is 30.6 Å². The van der Waals surface area contributed by atoms with Crippen LogP contribution in [0.2, 0.25) is 0 Å². The van der Waals surface area contributed by atoms with Gasteiger partial charge in [0.1, 0.15) is 27.2 Å². The van der Waals surface area contributed by atoms with Crippen LogP contribution >= 0.6 is 0 Å². The Kier molecular flexibility index (Phi) is 6.85. The van der Waals surface area contributed by atoms with Crippen LogP contribution < -0.4 is 10.9 Å². The molecule has 1 aliphatic rings. The molecule has 0 atom stereocenters. The van der Waals surface area contributed by atoms with E-state index in [1.54, 1.807) is 18.2 Å². The van der Waals surface area contributed by atoms with Crippen LogP contribution in [0.3, 0.4) is 0 Å². The molecule has 7 rings (SSSR count). The maximum atomic E-state index is 11.8. The highest BCUT2D eigenvalue weighted by molar-refractivity contribution is 6.54. The van der Waals surface area contributed by atoms with Gasteiger partial charge in [0.15, 0.2) is 11.5 Å². The molecule has 6 N–H and O–H groups in total. The summed E-state index contributed by atoms with van der Waals surface area (Å²) in [5.41, 5.74) is 4.05. The van der Waals surface area contributed by atoms with E-state index >= 15 is 0 Å². The lowest BCUT2D eigenvalue weighted by Gasteiger charge is -2.26. The Morgan fingerprint density at radius 3 is 1.83 bits per heavy atom. The summed E-state index contributed by atoms with van der Waals surface area (Å²) in [6, 6.07) is 18.5. The van der Waals surface area contributed by atoms with E-state index in [0.29, 0.717) is 16.5 Å². The molecule has 6 nitrogen and oxygen atoms in total. The third-order valence-electron chi connectivity index (χ3n) is 9.75. The summed E-state index contributed by atoms with van der Waals surface area (Å²) in [4.78, 5) is 0. The van der Waals surface area contributed by atoms with E-state index in [1.165, 1.54) is 0 Å². The third-order valence-corrected chi connectivity index (χ3v) is 9.75. The fourth-order valence-electron chi connectivity index (χ4n) is 7.47. The van der Waals surface area contributed by atoms with E-state index < -0.39 is 39.9 Å². The van der Waals surface area contributed by atoms with E-state index in [0.717, 1.165) is 27.7 Å². The smallest absolute Gasteiger partial charge is 0.204 e. The van der Waals surface area contributed by atoms with Crippen molar-refractivity contribution in [2.24, 2.45) is 0 Å². The molecular formula is C40H30B2O6. The van der Waals surface area contributed by atoms with Crippen molar-refractivity contribution in [3.05, 3.63) is 102 Å². The lowest BCUT2D eigenvalue weighted by atomic mass is 9.73. The van der Waals surface area contributed by atoms with Gasteiger partial charge in [-0.1, -0.05) is 104 Å². The monoisotopic (exact) mass is 628 g/mol. The Morgan fingerprint density at radius 1 is 0.646 bits per heavy atom. The predicted molar refractivity (Wildman–Crippen MR) is 196 cm³/mol. The number of aromatic hydroxyl groups is 6. The molecule has 4 radical (unpaired) electrons. The molecule has 0 aromatic heterocycles. The molecule has 0 fully saturated rings. The fraction of sp³-hybridized carbons (Fsp3) is 0.100. The molecule has 0 spiro atoms. The molecule has 6 aromatic rings. The summed E-state index contributed by atoms with van der Waals surface area (Å²) in [7, 11) is 12.6. The van der Waals surface area contributed by atoms with Gasteiger partial charge >= 0.3 is 0 Å². The van der Waals surface area contributed by atoms with Crippen molar-refractivity contribution in [1.82, 2.24) is 0 Å². The number of benzene rings is 6. The molecule has 0 saturated carbocycles. The molecule has 232 valence electrons. The first-order chi connectivity index (χ1) is 22.9. The van der Waals surface area contributed by atoms with Gasteiger partial charge in [0, 0.05) is 38.1 Å². The average molecular weight is 628 g/mol. The zero-order valence-corrected chi connectivity index (χ0v) is 26.6. The Bertz CT molecular complexity index is 2400. The highest BCUT2D eigenvalue weighted by Crippen LogP contribution is 2.59. The number of hydrogen-bond donors (Lipinski definition) is 6.